The fourth-order valence-corrected chi connectivity index (χ4v) is 3.16. The van der Waals surface area contributed by atoms with E-state index in [4.69, 9.17) is 23.8 Å². The van der Waals surface area contributed by atoms with Gasteiger partial charge in [0, 0.05) is 23.8 Å². The van der Waals surface area contributed by atoms with Gasteiger partial charge in [-0.25, -0.2) is 0 Å². The zero-order valence-electron chi connectivity index (χ0n) is 14.7. The van der Waals surface area contributed by atoms with Crippen LogP contribution < -0.4 is 5.32 Å². The lowest BCUT2D eigenvalue weighted by atomic mass is 10.1. The molecule has 0 aromatic heterocycles. The molecule has 132 valence electrons. The Morgan fingerprint density at radius 3 is 1.92 bits per heavy atom. The second-order valence-corrected chi connectivity index (χ2v) is 6.96. The molecule has 0 atom stereocenters. The third kappa shape index (κ3) is 4.84. The van der Waals surface area contributed by atoms with Gasteiger partial charge < -0.3 is 10.2 Å². The molecule has 0 saturated heterocycles. The van der Waals surface area contributed by atoms with Gasteiger partial charge in [0.2, 0.25) is 0 Å². The van der Waals surface area contributed by atoms with E-state index in [1.807, 2.05) is 61.5 Å². The Kier molecular flexibility index (Phi) is 6.26. The minimum absolute atomic E-state index is 0.683. The Bertz CT molecular complexity index is 824. The molecule has 4 heteroatoms. The molecule has 0 amide bonds. The van der Waals surface area contributed by atoms with Crippen LogP contribution in [0.1, 0.15) is 16.7 Å². The summed E-state index contributed by atoms with van der Waals surface area (Å²) in [7, 11) is 0. The first-order valence-electron chi connectivity index (χ1n) is 8.52. The lowest BCUT2D eigenvalue weighted by molar-refractivity contribution is 0.413. The largest absolute Gasteiger partial charge is 0.340 e. The Labute approximate surface area is 165 Å². The number of rotatable bonds is 5. The maximum absolute atomic E-state index is 6.24. The number of thiocarbonyl (C=S) groups is 1. The molecule has 0 bridgehead atoms. The molecule has 0 aliphatic heterocycles. The van der Waals surface area contributed by atoms with Gasteiger partial charge in [-0.3, -0.25) is 0 Å². The van der Waals surface area contributed by atoms with E-state index in [1.54, 1.807) is 0 Å². The van der Waals surface area contributed by atoms with E-state index in [9.17, 15) is 0 Å². The van der Waals surface area contributed by atoms with Crippen LogP contribution in [0.5, 0.6) is 0 Å². The van der Waals surface area contributed by atoms with Crippen LogP contribution in [0, 0.1) is 6.92 Å². The fourth-order valence-electron chi connectivity index (χ4n) is 2.74. The molecule has 3 aromatic rings. The van der Waals surface area contributed by atoms with Crippen molar-refractivity contribution in [2.75, 3.05) is 5.32 Å². The van der Waals surface area contributed by atoms with Gasteiger partial charge in [0.1, 0.15) is 0 Å². The molecular weight excluding hydrogens is 360 g/mol. The normalized spacial score (nSPS) is 10.4. The second-order valence-electron chi connectivity index (χ2n) is 6.17. The summed E-state index contributed by atoms with van der Waals surface area (Å²) in [6.07, 6.45) is 0. The fraction of sp³-hybridized carbons (Fsp3) is 0.136. The summed E-state index contributed by atoms with van der Waals surface area (Å²) in [4.78, 5) is 2.17. The lowest BCUT2D eigenvalue weighted by Gasteiger charge is -2.27. The number of benzene rings is 3. The highest BCUT2D eigenvalue weighted by Gasteiger charge is 2.13. The van der Waals surface area contributed by atoms with Crippen molar-refractivity contribution in [3.63, 3.8) is 0 Å². The van der Waals surface area contributed by atoms with E-state index in [-0.39, 0.29) is 0 Å². The summed E-state index contributed by atoms with van der Waals surface area (Å²) >= 11 is 12.0. The zero-order chi connectivity index (χ0) is 18.4. The zero-order valence-corrected chi connectivity index (χ0v) is 16.2. The first-order valence-corrected chi connectivity index (χ1v) is 9.31. The van der Waals surface area contributed by atoms with Crippen LogP contribution >= 0.6 is 23.8 Å². The molecule has 3 aromatic carbocycles. The number of hydrogen-bond donors (Lipinski definition) is 1. The third-order valence-electron chi connectivity index (χ3n) is 4.23. The maximum Gasteiger partial charge on any atom is 0.174 e. The minimum atomic E-state index is 0.683. The Morgan fingerprint density at radius 2 is 1.38 bits per heavy atom. The average Bonchev–Trinajstić information content (AvgIpc) is 2.66. The van der Waals surface area contributed by atoms with Gasteiger partial charge in [-0.2, -0.15) is 0 Å². The Hall–Kier alpha value is -2.36. The smallest absolute Gasteiger partial charge is 0.174 e. The molecule has 0 saturated carbocycles. The maximum atomic E-state index is 6.24. The van der Waals surface area contributed by atoms with Gasteiger partial charge in [0.05, 0.1) is 0 Å². The number of anilines is 1. The second kappa shape index (κ2) is 8.84. The topological polar surface area (TPSA) is 15.3 Å². The molecule has 2 nitrogen and oxygen atoms in total. The molecule has 0 aliphatic carbocycles. The average molecular weight is 381 g/mol. The third-order valence-corrected chi connectivity index (χ3v) is 5.00. The van der Waals surface area contributed by atoms with Crippen molar-refractivity contribution in [3.05, 3.63) is 101 Å². The minimum Gasteiger partial charge on any atom is -0.340 e. The van der Waals surface area contributed by atoms with Gasteiger partial charge in [-0.05, 0) is 48.0 Å². The van der Waals surface area contributed by atoms with Crippen molar-refractivity contribution < 1.29 is 0 Å². The van der Waals surface area contributed by atoms with E-state index in [0.29, 0.717) is 5.11 Å². The highest BCUT2D eigenvalue weighted by atomic mass is 35.5. The summed E-state index contributed by atoms with van der Waals surface area (Å²) in [5, 5.41) is 4.78. The molecule has 26 heavy (non-hydrogen) atoms. The predicted molar refractivity (Wildman–Crippen MR) is 115 cm³/mol. The number of nitrogens with one attached hydrogen (secondary N) is 1. The van der Waals surface area contributed by atoms with Crippen LogP contribution in [-0.2, 0) is 13.1 Å². The molecular formula is C22H21ClN2S. The number of hydrogen-bond acceptors (Lipinski definition) is 1. The summed E-state index contributed by atoms with van der Waals surface area (Å²) in [5.41, 5.74) is 4.37. The van der Waals surface area contributed by atoms with E-state index in [1.165, 1.54) is 11.1 Å². The molecule has 0 unspecified atom stereocenters. The highest BCUT2D eigenvalue weighted by molar-refractivity contribution is 7.80. The monoisotopic (exact) mass is 380 g/mol. The first kappa shape index (κ1) is 18.4. The van der Waals surface area contributed by atoms with Gasteiger partial charge in [0.25, 0.3) is 0 Å². The SMILES string of the molecule is Cc1c(Cl)cccc1NC(=S)N(Cc1ccccc1)Cc1ccccc1. The predicted octanol–water partition coefficient (Wildman–Crippen LogP) is 6.05. The van der Waals surface area contributed by atoms with E-state index in [0.717, 1.165) is 29.4 Å². The van der Waals surface area contributed by atoms with Crippen LogP contribution in [-0.4, -0.2) is 10.0 Å². The Balaban J connectivity index is 1.81. The molecule has 0 fully saturated rings. The van der Waals surface area contributed by atoms with Crippen LogP contribution in [0.2, 0.25) is 5.02 Å². The van der Waals surface area contributed by atoms with Crippen LogP contribution in [0.25, 0.3) is 0 Å². The molecule has 0 radical (unpaired) electrons. The van der Waals surface area contributed by atoms with Crippen LogP contribution in [0.15, 0.2) is 78.9 Å². The first-order chi connectivity index (χ1) is 12.6. The summed E-state index contributed by atoms with van der Waals surface area (Å²) in [5.74, 6) is 0. The van der Waals surface area contributed by atoms with Crippen molar-refractivity contribution in [1.82, 2.24) is 4.90 Å². The highest BCUT2D eigenvalue weighted by Crippen LogP contribution is 2.23. The van der Waals surface area contributed by atoms with Gasteiger partial charge in [-0.1, -0.05) is 78.3 Å². The lowest BCUT2D eigenvalue weighted by Crippen LogP contribution is -2.34. The standard InChI is InChI=1S/C22H21ClN2S/c1-17-20(23)13-8-14-21(17)24-22(26)25(15-18-9-4-2-5-10-18)16-19-11-6-3-7-12-19/h2-14H,15-16H2,1H3,(H,24,26). The Morgan fingerprint density at radius 1 is 0.846 bits per heavy atom. The number of nitrogens with zero attached hydrogens (tertiary/aromatic N) is 1. The molecule has 0 spiro atoms. The quantitative estimate of drug-likeness (QED) is 0.542. The van der Waals surface area contributed by atoms with Gasteiger partial charge in [0.15, 0.2) is 5.11 Å². The van der Waals surface area contributed by atoms with E-state index in [2.05, 4.69) is 34.5 Å². The van der Waals surface area contributed by atoms with Crippen LogP contribution in [0.4, 0.5) is 5.69 Å². The van der Waals surface area contributed by atoms with Crippen molar-refractivity contribution in [2.24, 2.45) is 0 Å². The van der Waals surface area contributed by atoms with E-state index >= 15 is 0 Å². The van der Waals surface area contributed by atoms with Crippen molar-refractivity contribution in [1.29, 1.82) is 0 Å². The number of halogens is 1. The van der Waals surface area contributed by atoms with Crippen molar-refractivity contribution >= 4 is 34.6 Å². The molecule has 0 heterocycles. The van der Waals surface area contributed by atoms with Gasteiger partial charge in [-0.15, -0.1) is 0 Å². The molecule has 0 aliphatic rings. The van der Waals surface area contributed by atoms with Gasteiger partial charge >= 0.3 is 0 Å². The molecule has 1 N–H and O–H groups in total. The molecule has 3 rings (SSSR count). The summed E-state index contributed by atoms with van der Waals surface area (Å²) in [6.45, 7) is 3.47. The van der Waals surface area contributed by atoms with Crippen molar-refractivity contribution in [2.45, 2.75) is 20.0 Å². The van der Waals surface area contributed by atoms with E-state index < -0.39 is 0 Å². The van der Waals surface area contributed by atoms with Crippen LogP contribution in [0.3, 0.4) is 0 Å². The van der Waals surface area contributed by atoms with Crippen molar-refractivity contribution in [3.8, 4) is 0 Å². The summed E-state index contributed by atoms with van der Waals surface area (Å²) in [6, 6.07) is 26.5. The summed E-state index contributed by atoms with van der Waals surface area (Å²) < 4.78 is 0.